The van der Waals surface area contributed by atoms with E-state index in [4.69, 9.17) is 39.8 Å². The van der Waals surface area contributed by atoms with E-state index < -0.39 is 10.5 Å². The number of alkyl halides is 2. The maximum Gasteiger partial charge on any atom is 0.304 e. The first-order valence-electron chi connectivity index (χ1n) is 25.0. The number of carbonyl (C=O) groups excluding carboxylic acids is 2. The Morgan fingerprint density at radius 3 is 1.13 bits per heavy atom. The van der Waals surface area contributed by atoms with Gasteiger partial charge in [0.2, 0.25) is 0 Å². The molecule has 8 aromatic rings. The number of hydrogen-bond acceptors (Lipinski definition) is 8. The van der Waals surface area contributed by atoms with Crippen LogP contribution in [0.3, 0.4) is 0 Å². The lowest BCUT2D eigenvalue weighted by Gasteiger charge is -2.06. The van der Waals surface area contributed by atoms with Gasteiger partial charge in [0.25, 0.3) is 0 Å². The zero-order valence-corrected chi connectivity index (χ0v) is 51.1. The molecule has 5 aromatic carbocycles. The fourth-order valence-electron chi connectivity index (χ4n) is 5.47. The zero-order chi connectivity index (χ0) is 57.1. The van der Waals surface area contributed by atoms with E-state index >= 15 is 0 Å². The summed E-state index contributed by atoms with van der Waals surface area (Å²) in [6.07, 6.45) is 8.77. The molecule has 77 heavy (non-hydrogen) atoms. The van der Waals surface area contributed by atoms with Gasteiger partial charge in [-0.05, 0) is 63.2 Å². The van der Waals surface area contributed by atoms with Crippen molar-refractivity contribution < 1.29 is 30.8 Å². The van der Waals surface area contributed by atoms with Crippen LogP contribution in [0.1, 0.15) is 114 Å². The highest BCUT2D eigenvalue weighted by Crippen LogP contribution is 2.10. The molecule has 0 spiro atoms. The molecule has 13 nitrogen and oxygen atoms in total. The molecular formula is C59H85BrCl3N7O6S. The van der Waals surface area contributed by atoms with Crippen molar-refractivity contribution in [3.8, 4) is 0 Å². The van der Waals surface area contributed by atoms with Gasteiger partial charge in [0, 0.05) is 37.4 Å². The van der Waals surface area contributed by atoms with E-state index in [0.717, 1.165) is 35.5 Å². The van der Waals surface area contributed by atoms with Crippen LogP contribution in [0.5, 0.6) is 0 Å². The van der Waals surface area contributed by atoms with Gasteiger partial charge >= 0.3 is 10.5 Å². The number of aromatic amines is 1. The maximum absolute atomic E-state index is 9.43. The van der Waals surface area contributed by atoms with Crippen molar-refractivity contribution in [1.82, 2.24) is 28.7 Å². The molecular weight excluding hydrogens is 1120 g/mol. The Balaban J connectivity index is -0.000000265. The molecule has 0 unspecified atom stereocenters. The molecule has 0 amide bonds. The molecule has 0 bridgehead atoms. The molecule has 0 aliphatic carbocycles. The summed E-state index contributed by atoms with van der Waals surface area (Å²) in [6, 6.07) is 50.7. The van der Waals surface area contributed by atoms with E-state index in [1.54, 1.807) is 24.9 Å². The van der Waals surface area contributed by atoms with E-state index in [0.29, 0.717) is 23.7 Å². The van der Waals surface area contributed by atoms with Crippen molar-refractivity contribution in [2.24, 2.45) is 5.73 Å². The highest BCUT2D eigenvalue weighted by Gasteiger charge is 2.04. The molecule has 8 rings (SSSR count). The van der Waals surface area contributed by atoms with Crippen molar-refractivity contribution in [2.45, 2.75) is 120 Å². The Morgan fingerprint density at radius 1 is 0.532 bits per heavy atom. The molecule has 0 fully saturated rings. The normalized spacial score (nSPS) is 8.69. The van der Waals surface area contributed by atoms with Gasteiger partial charge in [-0.25, -0.2) is 9.97 Å². The number of hydrogen-bond donors (Lipinski definition) is 4. The van der Waals surface area contributed by atoms with Crippen molar-refractivity contribution in [1.29, 1.82) is 0 Å². The fourth-order valence-corrected chi connectivity index (χ4v) is 6.30. The molecule has 0 aliphatic rings. The van der Waals surface area contributed by atoms with Gasteiger partial charge in [0.15, 0.2) is 4.77 Å². The number of H-pyrrole nitrogens is 1. The molecule has 0 atom stereocenters. The third-order valence-electron chi connectivity index (χ3n) is 8.82. The van der Waals surface area contributed by atoms with Crippen molar-refractivity contribution >= 4 is 73.4 Å². The van der Waals surface area contributed by atoms with Crippen LogP contribution < -0.4 is 5.73 Å². The third kappa shape index (κ3) is 37.8. The molecule has 426 valence electrons. The Kier molecular flexibility index (Phi) is 59.1. The summed E-state index contributed by atoms with van der Waals surface area (Å²) >= 11 is 23.3. The van der Waals surface area contributed by atoms with Crippen LogP contribution in [0.25, 0.3) is 0 Å². The standard InChI is InChI=1S/C11H11ClN2.C11H12N2OS.C11H12N2O.C7H7Br.C7H9N.C2Cl2O2.5C2H6.2H2O/c12-6-11-7-13-9-14(11)8-10-4-2-1-3-5-10;14-8-10-6-12-11(15)13(10)7-9-4-2-1-3-5-9;14-8-11-6-12-9-13(11)7-10-4-2-1-3-5-10;2*8-6-7-4-2-1-3-5-7;3-1(5)2(4)6;5*1-2;;/h1-5,7,9H,6,8H2;1-6,14H,7-8H2,(H,12,15);1-6,9,14H,7-8H2;1-5H,6H2;1-5H,6,8H2;;5*1-2H3;2*1H2. The lowest BCUT2D eigenvalue weighted by molar-refractivity contribution is -0.127. The van der Waals surface area contributed by atoms with Crippen LogP contribution in [0, 0.1) is 4.77 Å². The Labute approximate surface area is 487 Å². The second-order valence-corrected chi connectivity index (χ2v) is 15.4. The molecule has 0 radical (unpaired) electrons. The van der Waals surface area contributed by atoms with Gasteiger partial charge in [-0.15, -0.1) is 11.6 Å². The number of aliphatic hydroxyl groups is 2. The van der Waals surface area contributed by atoms with Gasteiger partial charge in [0.05, 0.1) is 61.6 Å². The zero-order valence-electron chi connectivity index (χ0n) is 46.4. The van der Waals surface area contributed by atoms with E-state index in [2.05, 4.69) is 95.0 Å². The van der Waals surface area contributed by atoms with Crippen molar-refractivity contribution in [3.63, 3.8) is 0 Å². The van der Waals surface area contributed by atoms with Crippen LogP contribution in [0.15, 0.2) is 183 Å². The molecule has 0 aliphatic heterocycles. The van der Waals surface area contributed by atoms with E-state index in [1.807, 2.05) is 200 Å². The van der Waals surface area contributed by atoms with E-state index in [-0.39, 0.29) is 24.2 Å². The Bertz CT molecular complexity index is 2430. The summed E-state index contributed by atoms with van der Waals surface area (Å²) in [5.41, 5.74) is 14.2. The largest absolute Gasteiger partial charge is 0.412 e. The molecule has 0 saturated carbocycles. The van der Waals surface area contributed by atoms with Crippen molar-refractivity contribution in [2.75, 3.05) is 0 Å². The maximum atomic E-state index is 9.43. The summed E-state index contributed by atoms with van der Waals surface area (Å²) in [5.74, 6) is 0.507. The minimum atomic E-state index is -1.14. The quantitative estimate of drug-likeness (QED) is 0.0398. The fraction of sp³-hybridized carbons (Fsp3) is 0.305. The number of rotatable bonds is 12. The molecule has 9 N–H and O–H groups in total. The number of imidazole rings is 3. The first-order chi connectivity index (χ1) is 36.6. The van der Waals surface area contributed by atoms with Gasteiger partial charge in [-0.1, -0.05) is 237 Å². The number of carbonyl (C=O) groups is 2. The minimum Gasteiger partial charge on any atom is -0.412 e. The Morgan fingerprint density at radius 2 is 0.844 bits per heavy atom. The third-order valence-corrected chi connectivity index (χ3v) is 10.5. The average molecular weight is 1210 g/mol. The molecule has 3 aromatic heterocycles. The molecule has 3 heterocycles. The van der Waals surface area contributed by atoms with Crippen molar-refractivity contribution in [3.05, 3.63) is 233 Å². The van der Waals surface area contributed by atoms with E-state index in [1.165, 1.54) is 27.8 Å². The smallest absolute Gasteiger partial charge is 0.304 e. The SMILES string of the molecule is BrCc1ccccc1.CC.CC.CC.CC.CC.ClCc1cncn1Cc1ccccc1.NCc1ccccc1.O.O.O=C(Cl)C(=O)Cl.OCc1c[nH]c(=S)n1Cc1ccccc1.OCc1cncn1Cc1ccccc1. The summed E-state index contributed by atoms with van der Waals surface area (Å²) in [6.45, 7) is 23.0. The monoisotopic (exact) mass is 1200 g/mol. The second-order valence-electron chi connectivity index (χ2n) is 13.5. The first kappa shape index (κ1) is 80.3. The number of aliphatic hydroxyl groups excluding tert-OH is 2. The number of aromatic nitrogens is 6. The van der Waals surface area contributed by atoms with E-state index in [9.17, 15) is 9.59 Å². The number of halogens is 4. The lowest BCUT2D eigenvalue weighted by Crippen LogP contribution is -2.04. The summed E-state index contributed by atoms with van der Waals surface area (Å²) < 4.78 is 6.53. The number of nitrogens with two attached hydrogens (primary N) is 1. The van der Waals surface area contributed by atoms with Crippen LogP contribution >= 0.6 is 63.0 Å². The first-order valence-corrected chi connectivity index (χ1v) is 27.8. The summed E-state index contributed by atoms with van der Waals surface area (Å²) in [4.78, 5) is 29.8. The topological polar surface area (TPSA) is 220 Å². The summed E-state index contributed by atoms with van der Waals surface area (Å²) in [7, 11) is 0. The van der Waals surface area contributed by atoms with Gasteiger partial charge in [-0.3, -0.25) is 9.59 Å². The number of nitrogens with one attached hydrogen (secondary N) is 1. The average Bonchev–Trinajstić information content (AvgIpc) is 4.25. The predicted octanol–water partition coefficient (Wildman–Crippen LogP) is 13.9. The lowest BCUT2D eigenvalue weighted by atomic mass is 10.2. The number of benzene rings is 5. The minimum absolute atomic E-state index is 0. The van der Waals surface area contributed by atoms with Gasteiger partial charge in [0.1, 0.15) is 0 Å². The number of nitrogens with zero attached hydrogens (tertiary/aromatic N) is 5. The van der Waals surface area contributed by atoms with Gasteiger partial charge < -0.3 is 45.6 Å². The summed E-state index contributed by atoms with van der Waals surface area (Å²) in [5, 5.41) is 16.8. The molecule has 18 heteroatoms. The predicted molar refractivity (Wildman–Crippen MR) is 331 cm³/mol. The van der Waals surface area contributed by atoms with Crippen LogP contribution in [-0.4, -0.2) is 60.3 Å². The second kappa shape index (κ2) is 56.6. The van der Waals surface area contributed by atoms with Crippen LogP contribution in [0.2, 0.25) is 0 Å². The van der Waals surface area contributed by atoms with Gasteiger partial charge in [-0.2, -0.15) is 0 Å². The van der Waals surface area contributed by atoms with Crippen LogP contribution in [0.4, 0.5) is 0 Å². The highest BCUT2D eigenvalue weighted by molar-refractivity contribution is 9.08. The highest BCUT2D eigenvalue weighted by atomic mass is 79.9. The van der Waals surface area contributed by atoms with Crippen LogP contribution in [-0.2, 0) is 60.2 Å². The Hall–Kier alpha value is -5.56. The molecule has 0 saturated heterocycles.